The monoisotopic (exact) mass is 294 g/mol. The first kappa shape index (κ1) is 14.6. The first-order valence-corrected chi connectivity index (χ1v) is 7.06. The van der Waals surface area contributed by atoms with E-state index in [1.54, 1.807) is 4.68 Å². The molecule has 0 saturated carbocycles. The van der Waals surface area contributed by atoms with Crippen molar-refractivity contribution in [1.82, 2.24) is 20.0 Å². The van der Waals surface area contributed by atoms with E-state index in [2.05, 4.69) is 15.3 Å². The van der Waals surface area contributed by atoms with Crippen molar-refractivity contribution < 1.29 is 9.53 Å². The van der Waals surface area contributed by atoms with Crippen molar-refractivity contribution in [3.05, 3.63) is 16.4 Å². The Morgan fingerprint density at radius 3 is 2.40 bits per heavy atom. The molecule has 2 rings (SSSR count). The first-order valence-electron chi connectivity index (χ1n) is 6.24. The van der Waals surface area contributed by atoms with E-state index in [-0.39, 0.29) is 11.2 Å². The topological polar surface area (TPSA) is 69.9 Å². The van der Waals surface area contributed by atoms with Crippen LogP contribution in [0.15, 0.2) is 0 Å². The molecule has 108 valence electrons. The van der Waals surface area contributed by atoms with Gasteiger partial charge in [0.05, 0.1) is 28.2 Å². The molecule has 0 aliphatic carbocycles. The van der Waals surface area contributed by atoms with Crippen LogP contribution in [0.2, 0.25) is 0 Å². The summed E-state index contributed by atoms with van der Waals surface area (Å²) in [5.41, 5.74) is 1.48. The van der Waals surface area contributed by atoms with Crippen LogP contribution in [0, 0.1) is 13.8 Å². The molecule has 0 aliphatic rings. The second-order valence-corrected chi connectivity index (χ2v) is 6.71. The van der Waals surface area contributed by atoms with Gasteiger partial charge in [-0.25, -0.2) is 14.5 Å². The fourth-order valence-electron chi connectivity index (χ4n) is 1.94. The van der Waals surface area contributed by atoms with Crippen LogP contribution in [0.25, 0.3) is 10.6 Å². The van der Waals surface area contributed by atoms with Gasteiger partial charge >= 0.3 is 5.97 Å². The third-order valence-corrected chi connectivity index (χ3v) is 3.88. The van der Waals surface area contributed by atoms with Crippen LogP contribution in [0.1, 0.15) is 42.0 Å². The Morgan fingerprint density at radius 2 is 1.95 bits per heavy atom. The Bertz CT molecular complexity index is 652. The van der Waals surface area contributed by atoms with Crippen molar-refractivity contribution in [2.75, 3.05) is 7.11 Å². The van der Waals surface area contributed by atoms with Gasteiger partial charge in [0, 0.05) is 0 Å². The number of nitrogens with zero attached hydrogens (tertiary/aromatic N) is 4. The number of carbonyl (C=O) groups excluding carboxylic acids is 1. The minimum Gasteiger partial charge on any atom is -0.464 e. The summed E-state index contributed by atoms with van der Waals surface area (Å²) in [4.78, 5) is 17.2. The van der Waals surface area contributed by atoms with Gasteiger partial charge in [0.1, 0.15) is 5.69 Å². The summed E-state index contributed by atoms with van der Waals surface area (Å²) in [7, 11) is 1.34. The van der Waals surface area contributed by atoms with Gasteiger partial charge in [0.2, 0.25) is 0 Å². The predicted octanol–water partition coefficient (Wildman–Crippen LogP) is 2.56. The third kappa shape index (κ3) is 2.45. The van der Waals surface area contributed by atoms with Crippen LogP contribution in [-0.2, 0) is 10.3 Å². The third-order valence-electron chi connectivity index (χ3n) is 2.80. The van der Waals surface area contributed by atoms with E-state index in [1.807, 2.05) is 34.6 Å². The normalized spacial score (nSPS) is 11.7. The number of aryl methyl sites for hydroxylation is 2. The minimum atomic E-state index is -0.485. The molecule has 0 atom stereocenters. The van der Waals surface area contributed by atoms with E-state index in [0.29, 0.717) is 5.69 Å². The molecule has 2 aromatic rings. The average molecular weight is 294 g/mol. The van der Waals surface area contributed by atoms with E-state index in [1.165, 1.54) is 18.4 Å². The lowest BCUT2D eigenvalue weighted by atomic mass is 10.1. The summed E-state index contributed by atoms with van der Waals surface area (Å²) in [6.07, 6.45) is 0. The molecule has 20 heavy (non-hydrogen) atoms. The number of hydrogen-bond donors (Lipinski definition) is 0. The highest BCUT2D eigenvalue weighted by Gasteiger charge is 2.29. The van der Waals surface area contributed by atoms with Gasteiger partial charge < -0.3 is 4.74 Å². The number of methoxy groups -OCH3 is 1. The van der Waals surface area contributed by atoms with Crippen molar-refractivity contribution in [2.45, 2.75) is 40.2 Å². The van der Waals surface area contributed by atoms with Crippen LogP contribution in [0.3, 0.4) is 0 Å². The van der Waals surface area contributed by atoms with Gasteiger partial charge in [-0.05, 0) is 34.6 Å². The molecule has 0 N–H and O–H groups in total. The molecule has 0 aromatic carbocycles. The smallest absolute Gasteiger partial charge is 0.360 e. The zero-order valence-corrected chi connectivity index (χ0v) is 13.3. The lowest BCUT2D eigenvalue weighted by Crippen LogP contribution is -2.24. The van der Waals surface area contributed by atoms with Crippen molar-refractivity contribution in [2.24, 2.45) is 0 Å². The molecule has 0 unspecified atom stereocenters. The number of thiazole rings is 1. The second-order valence-electron chi connectivity index (χ2n) is 5.51. The first-order chi connectivity index (χ1) is 9.25. The lowest BCUT2D eigenvalue weighted by molar-refractivity contribution is 0.0595. The molecule has 2 aromatic heterocycles. The molecule has 0 spiro atoms. The highest BCUT2D eigenvalue weighted by molar-refractivity contribution is 7.15. The van der Waals surface area contributed by atoms with Crippen LogP contribution in [0.5, 0.6) is 0 Å². The summed E-state index contributed by atoms with van der Waals surface area (Å²) in [5.74, 6) is -0.485. The van der Waals surface area contributed by atoms with Crippen molar-refractivity contribution in [3.8, 4) is 10.6 Å². The van der Waals surface area contributed by atoms with Crippen molar-refractivity contribution >= 4 is 17.3 Å². The molecular formula is C13H18N4O2S. The summed E-state index contributed by atoms with van der Waals surface area (Å²) in [6, 6.07) is 0. The SMILES string of the molecule is COC(=O)c1nnn(C(C)(C)C)c1-c1sc(C)nc1C. The minimum absolute atomic E-state index is 0.231. The van der Waals surface area contributed by atoms with Crippen LogP contribution in [-0.4, -0.2) is 33.1 Å². The van der Waals surface area contributed by atoms with Gasteiger partial charge in [0.15, 0.2) is 5.69 Å². The molecule has 2 heterocycles. The predicted molar refractivity (Wildman–Crippen MR) is 76.9 cm³/mol. The Hall–Kier alpha value is -1.76. The quantitative estimate of drug-likeness (QED) is 0.796. The number of ether oxygens (including phenoxy) is 1. The zero-order chi connectivity index (χ0) is 15.1. The molecule has 0 saturated heterocycles. The fourth-order valence-corrected chi connectivity index (χ4v) is 2.89. The fraction of sp³-hybridized carbons (Fsp3) is 0.538. The number of rotatable bonds is 2. The number of hydrogen-bond acceptors (Lipinski definition) is 6. The Balaban J connectivity index is 2.73. The summed E-state index contributed by atoms with van der Waals surface area (Å²) in [5, 5.41) is 9.07. The van der Waals surface area contributed by atoms with E-state index in [4.69, 9.17) is 4.74 Å². The Morgan fingerprint density at radius 1 is 1.30 bits per heavy atom. The average Bonchev–Trinajstić information content (AvgIpc) is 2.90. The zero-order valence-electron chi connectivity index (χ0n) is 12.5. The van der Waals surface area contributed by atoms with Crippen LogP contribution < -0.4 is 0 Å². The van der Waals surface area contributed by atoms with Gasteiger partial charge in [-0.15, -0.1) is 16.4 Å². The molecule has 7 heteroatoms. The largest absolute Gasteiger partial charge is 0.464 e. The summed E-state index contributed by atoms with van der Waals surface area (Å²) < 4.78 is 6.55. The van der Waals surface area contributed by atoms with Gasteiger partial charge in [-0.1, -0.05) is 5.21 Å². The Kier molecular flexibility index (Phi) is 3.64. The highest BCUT2D eigenvalue weighted by atomic mass is 32.1. The molecule has 0 fully saturated rings. The van der Waals surface area contributed by atoms with Gasteiger partial charge in [-0.2, -0.15) is 0 Å². The molecule has 0 radical (unpaired) electrons. The maximum atomic E-state index is 11.9. The summed E-state index contributed by atoms with van der Waals surface area (Å²) in [6.45, 7) is 9.88. The van der Waals surface area contributed by atoms with Crippen LogP contribution >= 0.6 is 11.3 Å². The van der Waals surface area contributed by atoms with Gasteiger partial charge in [0.25, 0.3) is 0 Å². The Labute approximate surface area is 121 Å². The van der Waals surface area contributed by atoms with Crippen LogP contribution in [0.4, 0.5) is 0 Å². The maximum absolute atomic E-state index is 11.9. The number of carbonyl (C=O) groups is 1. The maximum Gasteiger partial charge on any atom is 0.360 e. The van der Waals surface area contributed by atoms with Gasteiger partial charge in [-0.3, -0.25) is 0 Å². The molecule has 6 nitrogen and oxygen atoms in total. The van der Waals surface area contributed by atoms with Crippen molar-refractivity contribution in [3.63, 3.8) is 0 Å². The standard InChI is InChI=1S/C13H18N4O2S/c1-7-11(20-8(2)14-7)10-9(12(18)19-6)15-16-17(10)13(3,4)5/h1-6H3. The molecule has 0 amide bonds. The van der Waals surface area contributed by atoms with E-state index in [9.17, 15) is 4.79 Å². The van der Waals surface area contributed by atoms with E-state index in [0.717, 1.165) is 15.6 Å². The summed E-state index contributed by atoms with van der Waals surface area (Å²) >= 11 is 1.52. The van der Waals surface area contributed by atoms with E-state index < -0.39 is 5.97 Å². The van der Waals surface area contributed by atoms with E-state index >= 15 is 0 Å². The number of aromatic nitrogens is 4. The molecule has 0 aliphatic heterocycles. The second kappa shape index (κ2) is 4.97. The lowest BCUT2D eigenvalue weighted by Gasteiger charge is -2.21. The van der Waals surface area contributed by atoms with Crippen molar-refractivity contribution in [1.29, 1.82) is 0 Å². The number of esters is 1. The highest BCUT2D eigenvalue weighted by Crippen LogP contribution is 2.34. The molecule has 0 bridgehead atoms. The molecular weight excluding hydrogens is 276 g/mol.